The molecule has 6 aliphatic heterocycles. The summed E-state index contributed by atoms with van der Waals surface area (Å²) in [6.07, 6.45) is -0.155. The minimum atomic E-state index is -1.80. The molecule has 290 valence electrons. The monoisotopic (exact) mass is 745 g/mol. The third-order valence-corrected chi connectivity index (χ3v) is 17.9. The molecule has 0 radical (unpaired) electrons. The predicted octanol–water partition coefficient (Wildman–Crippen LogP) is 6.61. The Labute approximate surface area is 304 Å². The summed E-state index contributed by atoms with van der Waals surface area (Å²) in [4.78, 5) is 3.27. The molecule has 6 rings (SSSR count). The number of hydrogen-bond acceptors (Lipinski definition) is 10. The Balaban J connectivity index is 0.000000173. The summed E-state index contributed by atoms with van der Waals surface area (Å²) >= 11 is 0. The Morgan fingerprint density at radius 1 is 0.780 bits per heavy atom. The summed E-state index contributed by atoms with van der Waals surface area (Å²) in [5, 5.41) is 10.1. The lowest BCUT2D eigenvalue weighted by atomic mass is 9.87. The van der Waals surface area contributed by atoms with E-state index in [2.05, 4.69) is 87.2 Å². The Hall–Kier alpha value is -0.263. The summed E-state index contributed by atoms with van der Waals surface area (Å²) in [6.45, 7) is 41.7. The summed E-state index contributed by atoms with van der Waals surface area (Å²) < 4.78 is 53.7. The molecule has 0 spiro atoms. The van der Waals surface area contributed by atoms with Gasteiger partial charge in [-0.15, -0.1) is 0 Å². The summed E-state index contributed by atoms with van der Waals surface area (Å²) in [5.74, 6) is 1.05. The maximum absolute atomic E-state index is 9.87. The van der Waals surface area contributed by atoms with Gasteiger partial charge in [0.15, 0.2) is 16.7 Å². The van der Waals surface area contributed by atoms with E-state index < -0.39 is 28.4 Å². The highest BCUT2D eigenvalue weighted by atomic mass is 31.2. The zero-order valence-corrected chi connectivity index (χ0v) is 35.4. The fraction of sp³-hybridized carbons (Fsp3) is 0.973. The van der Waals surface area contributed by atoms with Crippen LogP contribution >= 0.6 is 8.38 Å². The molecular weight excluding hydrogens is 677 g/mol. The first kappa shape index (κ1) is 42.5. The molecule has 6 fully saturated rings. The standard InChI is InChI=1S/C15H30O3Si.C13H22NO4P.C9H16O3/c1-10(2)15-9-16-12(11(3)17-15)13(15)18-19(7,8)14(4,5)6;1-9(2)13-8-15-11(10(3)17-13)12(13)18-19(5)16-7-6-14-4;1-5(2)9-4-11-7(8(9)10)6(3)12-9/h10-13H,9H2,1-8H3;9-12H,6-8H2,1-3,5H3;5-8,10H,4H2,1-3H3/t11-,12-,13+,15+;10-,11-,12-,13+,19?;6-,7-,8-,9+/m000/s1. The molecule has 0 amide bonds. The van der Waals surface area contributed by atoms with Crippen LogP contribution < -0.4 is 0 Å². The number of ether oxygens (including phenoxy) is 6. The lowest BCUT2D eigenvalue weighted by molar-refractivity contribution is -0.157. The Morgan fingerprint density at radius 3 is 1.58 bits per heavy atom. The second-order valence-electron chi connectivity index (χ2n) is 17.5. The van der Waals surface area contributed by atoms with E-state index in [1.165, 1.54) is 0 Å². The molecule has 13 heteroatoms. The normalized spacial score (nSPS) is 42.2. The van der Waals surface area contributed by atoms with Crippen LogP contribution in [0.4, 0.5) is 0 Å². The molecule has 50 heavy (non-hydrogen) atoms. The van der Waals surface area contributed by atoms with Gasteiger partial charge < -0.3 is 51.8 Å². The Morgan fingerprint density at radius 2 is 1.20 bits per heavy atom. The van der Waals surface area contributed by atoms with Gasteiger partial charge in [-0.3, -0.25) is 0 Å². The van der Waals surface area contributed by atoms with E-state index in [1.807, 2.05) is 20.5 Å². The number of aliphatic hydroxyl groups is 1. The SMILES string of the molecule is CC(C)[C@@]12CO[C@@H]([C@H](C)O1)[C@@H]2O.CC(C)[C@@]12CO[C@@H]([C@H](C)O1)[C@H]2O[Si](C)(C)C(C)(C)C.[C-]#[N+]CCOP(C)O[C@H]1[C@H]2OC[C@]1(C(C)C)O[C@H]2C. The molecule has 0 saturated carbocycles. The molecule has 0 aromatic rings. The molecule has 13 atom stereocenters. The third-order valence-electron chi connectivity index (χ3n) is 12.4. The Kier molecular flexibility index (Phi) is 13.5. The molecule has 0 aromatic carbocycles. The van der Waals surface area contributed by atoms with Crippen LogP contribution in [0.3, 0.4) is 0 Å². The number of nitrogens with zero attached hydrogens (tertiary/aromatic N) is 1. The van der Waals surface area contributed by atoms with E-state index in [-0.39, 0.29) is 65.1 Å². The van der Waals surface area contributed by atoms with Crippen molar-refractivity contribution in [3.05, 3.63) is 11.4 Å². The average molecular weight is 746 g/mol. The van der Waals surface area contributed by atoms with Gasteiger partial charge in [0.05, 0.1) is 38.1 Å². The lowest BCUT2D eigenvalue weighted by Gasteiger charge is -2.42. The fourth-order valence-electron chi connectivity index (χ4n) is 7.85. The molecule has 6 saturated heterocycles. The van der Waals surface area contributed by atoms with Gasteiger partial charge in [-0.25, -0.2) is 6.57 Å². The van der Waals surface area contributed by atoms with Crippen LogP contribution in [0.25, 0.3) is 4.85 Å². The van der Waals surface area contributed by atoms with E-state index in [4.69, 9.17) is 48.5 Å². The molecular formula is C37H68NO10PSi. The van der Waals surface area contributed by atoms with Crippen LogP contribution in [0.5, 0.6) is 0 Å². The van der Waals surface area contributed by atoms with Crippen LogP contribution in [0, 0.1) is 24.3 Å². The van der Waals surface area contributed by atoms with Crippen LogP contribution in [0.2, 0.25) is 18.1 Å². The van der Waals surface area contributed by atoms with Crippen molar-refractivity contribution in [3.8, 4) is 0 Å². The van der Waals surface area contributed by atoms with Gasteiger partial charge in [0.2, 0.25) is 6.54 Å². The van der Waals surface area contributed by atoms with Crippen molar-refractivity contribution in [1.29, 1.82) is 0 Å². The van der Waals surface area contributed by atoms with Gasteiger partial charge in [-0.1, -0.05) is 62.3 Å². The fourth-order valence-corrected chi connectivity index (χ4v) is 10.2. The molecule has 6 bridgehead atoms. The lowest BCUT2D eigenvalue weighted by Crippen LogP contribution is -2.53. The van der Waals surface area contributed by atoms with Crippen molar-refractivity contribution < 1.29 is 47.0 Å². The summed E-state index contributed by atoms with van der Waals surface area (Å²) in [5.41, 5.74) is -1.01. The van der Waals surface area contributed by atoms with Crippen LogP contribution in [-0.4, -0.2) is 125 Å². The first-order valence-electron chi connectivity index (χ1n) is 18.7. The average Bonchev–Trinajstić information content (AvgIpc) is 3.82. The van der Waals surface area contributed by atoms with E-state index >= 15 is 0 Å². The van der Waals surface area contributed by atoms with Gasteiger partial charge in [-0.05, 0) is 56.7 Å². The van der Waals surface area contributed by atoms with Gasteiger partial charge in [0.1, 0.15) is 60.0 Å². The molecule has 11 nitrogen and oxygen atoms in total. The number of fused-ring (bicyclic) bond motifs is 6. The predicted molar refractivity (Wildman–Crippen MR) is 197 cm³/mol. The molecule has 1 N–H and O–H groups in total. The van der Waals surface area contributed by atoms with E-state index in [1.54, 1.807) is 0 Å². The summed E-state index contributed by atoms with van der Waals surface area (Å²) in [7, 11) is -2.79. The van der Waals surface area contributed by atoms with Crippen molar-refractivity contribution in [2.45, 2.75) is 173 Å². The van der Waals surface area contributed by atoms with Crippen molar-refractivity contribution in [3.63, 3.8) is 0 Å². The maximum Gasteiger partial charge on any atom is 0.238 e. The number of aliphatic hydroxyl groups excluding tert-OH is 1. The van der Waals surface area contributed by atoms with Crippen molar-refractivity contribution in [2.75, 3.05) is 39.6 Å². The minimum Gasteiger partial charge on any atom is -0.408 e. The van der Waals surface area contributed by atoms with Gasteiger partial charge in [0.25, 0.3) is 0 Å². The van der Waals surface area contributed by atoms with Gasteiger partial charge >= 0.3 is 0 Å². The van der Waals surface area contributed by atoms with E-state index in [0.29, 0.717) is 50.7 Å². The van der Waals surface area contributed by atoms with Gasteiger partial charge in [-0.2, -0.15) is 0 Å². The largest absolute Gasteiger partial charge is 0.408 e. The zero-order chi connectivity index (χ0) is 37.6. The third kappa shape index (κ3) is 7.78. The molecule has 1 unspecified atom stereocenters. The highest BCUT2D eigenvalue weighted by molar-refractivity contribution is 7.46. The first-order chi connectivity index (χ1) is 23.1. The molecule has 0 aromatic heterocycles. The zero-order valence-electron chi connectivity index (χ0n) is 33.5. The smallest absolute Gasteiger partial charge is 0.238 e. The van der Waals surface area contributed by atoms with Crippen molar-refractivity contribution >= 4 is 16.7 Å². The van der Waals surface area contributed by atoms with E-state index in [9.17, 15) is 5.11 Å². The van der Waals surface area contributed by atoms with Crippen LogP contribution in [0.1, 0.15) is 83.1 Å². The topological polar surface area (TPSA) is 108 Å². The highest BCUT2D eigenvalue weighted by Gasteiger charge is 2.65. The van der Waals surface area contributed by atoms with Crippen LogP contribution in [-0.2, 0) is 41.9 Å². The number of rotatable bonds is 10. The van der Waals surface area contributed by atoms with Crippen molar-refractivity contribution in [1.82, 2.24) is 0 Å². The molecule has 0 aliphatic carbocycles. The number of hydrogen-bond donors (Lipinski definition) is 1. The van der Waals surface area contributed by atoms with Crippen LogP contribution in [0.15, 0.2) is 0 Å². The highest BCUT2D eigenvalue weighted by Crippen LogP contribution is 2.52. The Bertz CT molecular complexity index is 1180. The second kappa shape index (κ2) is 15.8. The quantitative estimate of drug-likeness (QED) is 0.114. The second-order valence-corrected chi connectivity index (χ2v) is 23.7. The summed E-state index contributed by atoms with van der Waals surface area (Å²) in [6, 6.07) is 0. The van der Waals surface area contributed by atoms with E-state index in [0.717, 1.165) is 0 Å². The minimum absolute atomic E-state index is 0.00295. The molecule has 6 aliphatic rings. The van der Waals surface area contributed by atoms with Gasteiger partial charge in [0, 0.05) is 6.66 Å². The molecule has 6 heterocycles. The maximum atomic E-state index is 9.87. The first-order valence-corrected chi connectivity index (χ1v) is 23.2. The van der Waals surface area contributed by atoms with Crippen molar-refractivity contribution in [2.24, 2.45) is 17.8 Å².